The zero-order valence-corrected chi connectivity index (χ0v) is 44.8. The van der Waals surface area contributed by atoms with Gasteiger partial charge in [0.05, 0.1) is 6.61 Å². The van der Waals surface area contributed by atoms with Crippen LogP contribution in [0.4, 0.5) is 0 Å². The molecule has 73 heavy (non-hydrogen) atoms. The molecule has 3 N–H and O–H groups in total. The first-order valence-corrected chi connectivity index (χ1v) is 27.5. The van der Waals surface area contributed by atoms with Gasteiger partial charge >= 0.3 is 23.9 Å². The Balaban J connectivity index is 2.77. The average Bonchev–Trinajstić information content (AvgIpc) is 3.37. The minimum Gasteiger partial charge on any atom is -0.479 e. The third kappa shape index (κ3) is 38.4. The number of hydrogen-bond acceptors (Lipinski definition) is 11. The lowest BCUT2D eigenvalue weighted by atomic mass is 9.98. The zero-order chi connectivity index (χ0) is 53.3. The molecule has 1 aliphatic rings. The van der Waals surface area contributed by atoms with Gasteiger partial charge in [-0.3, -0.25) is 14.4 Å². The molecule has 0 saturated carbocycles. The number of unbranched alkanes of at least 4 members (excludes halogenated alkanes) is 10. The monoisotopic (exact) mass is 1020 g/mol. The third-order valence-electron chi connectivity index (χ3n) is 11.5. The second-order valence-corrected chi connectivity index (χ2v) is 18.1. The van der Waals surface area contributed by atoms with E-state index in [4.69, 9.17) is 23.7 Å². The molecular formula is C61H94O12. The van der Waals surface area contributed by atoms with Gasteiger partial charge in [-0.15, -0.1) is 0 Å². The van der Waals surface area contributed by atoms with E-state index < -0.39 is 67.3 Å². The lowest BCUT2D eigenvalue weighted by molar-refractivity contribution is -0.301. The van der Waals surface area contributed by atoms with Gasteiger partial charge in [-0.05, 0) is 109 Å². The molecule has 0 aromatic carbocycles. The zero-order valence-electron chi connectivity index (χ0n) is 44.8. The number of allylic oxidation sites excluding steroid dienone is 20. The maximum absolute atomic E-state index is 13.1. The van der Waals surface area contributed by atoms with E-state index in [9.17, 15) is 34.5 Å². The summed E-state index contributed by atoms with van der Waals surface area (Å²) in [7, 11) is 0. The SMILES string of the molecule is CC/C=C\C/C=C\C/C=C\C/C=C\CCC(=O)OCC(COC1OC(C(=O)O)C(O)C(O)C1OC(=O)CCCCCCCCC/C=C\C/C=C\C/C=C\CC)OC(=O)CCCCC/C=C\C/C=C\C/C=C\CC. The van der Waals surface area contributed by atoms with E-state index >= 15 is 0 Å². The Morgan fingerprint density at radius 2 is 0.849 bits per heavy atom. The molecule has 410 valence electrons. The van der Waals surface area contributed by atoms with E-state index in [0.29, 0.717) is 19.3 Å². The van der Waals surface area contributed by atoms with Gasteiger partial charge in [-0.25, -0.2) is 4.79 Å². The Labute approximate surface area is 439 Å². The Morgan fingerprint density at radius 1 is 0.452 bits per heavy atom. The molecule has 1 aliphatic heterocycles. The van der Waals surface area contributed by atoms with Gasteiger partial charge in [0.15, 0.2) is 24.6 Å². The van der Waals surface area contributed by atoms with Gasteiger partial charge < -0.3 is 39.0 Å². The van der Waals surface area contributed by atoms with Crippen LogP contribution >= 0.6 is 0 Å². The van der Waals surface area contributed by atoms with Crippen LogP contribution in [0.25, 0.3) is 0 Å². The molecule has 12 nitrogen and oxygen atoms in total. The van der Waals surface area contributed by atoms with Crippen LogP contribution in [0.2, 0.25) is 0 Å². The van der Waals surface area contributed by atoms with Gasteiger partial charge in [0.25, 0.3) is 0 Å². The highest BCUT2D eigenvalue weighted by Crippen LogP contribution is 2.26. The molecule has 1 fully saturated rings. The van der Waals surface area contributed by atoms with Gasteiger partial charge in [-0.1, -0.05) is 181 Å². The highest BCUT2D eigenvalue weighted by molar-refractivity contribution is 5.74. The summed E-state index contributed by atoms with van der Waals surface area (Å²) in [6.07, 6.45) is 53.4. The van der Waals surface area contributed by atoms with Crippen molar-refractivity contribution in [1.82, 2.24) is 0 Å². The maximum Gasteiger partial charge on any atom is 0.335 e. The third-order valence-corrected chi connectivity index (χ3v) is 11.5. The topological polar surface area (TPSA) is 175 Å². The fourth-order valence-corrected chi connectivity index (χ4v) is 7.41. The quantitative estimate of drug-likeness (QED) is 0.0228. The van der Waals surface area contributed by atoms with Crippen LogP contribution in [0.1, 0.15) is 188 Å². The highest BCUT2D eigenvalue weighted by Gasteiger charge is 2.50. The Morgan fingerprint density at radius 3 is 1.32 bits per heavy atom. The van der Waals surface area contributed by atoms with E-state index in [-0.39, 0.29) is 25.9 Å². The Kier molecular flexibility index (Phi) is 43.6. The number of carboxylic acid groups (broad SMARTS) is 1. The van der Waals surface area contributed by atoms with Crippen molar-refractivity contribution >= 4 is 23.9 Å². The van der Waals surface area contributed by atoms with Gasteiger partial charge in [0.1, 0.15) is 18.8 Å². The number of aliphatic hydroxyl groups is 2. The number of aliphatic hydroxyl groups excluding tert-OH is 2. The molecule has 0 spiro atoms. The summed E-state index contributed by atoms with van der Waals surface area (Å²) in [5.41, 5.74) is 0. The summed E-state index contributed by atoms with van der Waals surface area (Å²) in [5, 5.41) is 31.4. The number of esters is 3. The molecule has 0 aromatic heterocycles. The standard InChI is InChI=1S/C61H94O12/c1-4-7-10-13-16-19-22-25-26-27-28-31-34-37-40-43-46-49-55(64)72-59-57(66)56(65)58(60(67)68)73-61(59)70-51-52(71-54(63)48-45-42-39-36-33-30-24-21-18-15-12-9-6-3)50-69-53(62)47-44-41-38-35-32-29-23-20-17-14-11-8-5-2/h7-12,16-21,25-26,29-30,32-33,38,41,52,56-59,61,65-66H,4-6,13-15,22-24,27-28,31,34-37,39-40,42-51H2,1-3H3,(H,67,68)/b10-7-,11-8-,12-9-,19-16-,20-17-,21-18-,26-25-,32-29-,33-30-,41-38-. The van der Waals surface area contributed by atoms with Crippen LogP contribution in [0.15, 0.2) is 122 Å². The van der Waals surface area contributed by atoms with Crippen molar-refractivity contribution in [1.29, 1.82) is 0 Å². The predicted octanol–water partition coefficient (Wildman–Crippen LogP) is 13.7. The summed E-state index contributed by atoms with van der Waals surface area (Å²) in [6.45, 7) is 5.52. The first-order chi connectivity index (χ1) is 35.6. The van der Waals surface area contributed by atoms with Crippen molar-refractivity contribution in [3.05, 3.63) is 122 Å². The van der Waals surface area contributed by atoms with Crippen LogP contribution in [-0.4, -0.2) is 89.2 Å². The second-order valence-electron chi connectivity index (χ2n) is 18.1. The molecule has 0 radical (unpaired) electrons. The molecule has 1 rings (SSSR count). The lowest BCUT2D eigenvalue weighted by Gasteiger charge is -2.40. The van der Waals surface area contributed by atoms with E-state index in [2.05, 4.69) is 130 Å². The molecule has 12 heteroatoms. The predicted molar refractivity (Wildman–Crippen MR) is 293 cm³/mol. The smallest absolute Gasteiger partial charge is 0.335 e. The lowest BCUT2D eigenvalue weighted by Crippen LogP contribution is -2.61. The highest BCUT2D eigenvalue weighted by atomic mass is 16.7. The number of ether oxygens (including phenoxy) is 5. The van der Waals surface area contributed by atoms with E-state index in [1.165, 1.54) is 0 Å². The van der Waals surface area contributed by atoms with E-state index in [1.54, 1.807) is 0 Å². The van der Waals surface area contributed by atoms with Crippen molar-refractivity contribution in [2.75, 3.05) is 13.2 Å². The summed E-state index contributed by atoms with van der Waals surface area (Å²) in [5.74, 6) is -3.30. The van der Waals surface area contributed by atoms with Crippen LogP contribution in [0.5, 0.6) is 0 Å². The number of carbonyl (C=O) groups excluding carboxylic acids is 3. The first-order valence-electron chi connectivity index (χ1n) is 27.5. The van der Waals surface area contributed by atoms with Crippen LogP contribution in [0.3, 0.4) is 0 Å². The number of carbonyl (C=O) groups is 4. The number of hydrogen-bond donors (Lipinski definition) is 3. The molecule has 0 bridgehead atoms. The summed E-state index contributed by atoms with van der Waals surface area (Å²) in [6, 6.07) is 0. The van der Waals surface area contributed by atoms with Crippen molar-refractivity contribution in [2.24, 2.45) is 0 Å². The fraction of sp³-hybridized carbons (Fsp3) is 0.607. The minimum atomic E-state index is -1.93. The molecule has 0 aliphatic carbocycles. The fourth-order valence-electron chi connectivity index (χ4n) is 7.41. The normalized spacial score (nSPS) is 19.3. The summed E-state index contributed by atoms with van der Waals surface area (Å²) in [4.78, 5) is 50.9. The van der Waals surface area contributed by atoms with Crippen LogP contribution in [0, 0.1) is 0 Å². The van der Waals surface area contributed by atoms with E-state index in [1.807, 2.05) is 12.2 Å². The molecule has 0 amide bonds. The first kappa shape index (κ1) is 66.1. The second kappa shape index (κ2) is 48.1. The largest absolute Gasteiger partial charge is 0.479 e. The Bertz CT molecular complexity index is 1730. The number of aliphatic carboxylic acids is 1. The minimum absolute atomic E-state index is 0.0322. The van der Waals surface area contributed by atoms with Crippen LogP contribution in [-0.2, 0) is 42.9 Å². The summed E-state index contributed by atoms with van der Waals surface area (Å²) >= 11 is 0. The molecule has 1 heterocycles. The van der Waals surface area contributed by atoms with Crippen molar-refractivity contribution in [2.45, 2.75) is 225 Å². The number of rotatable bonds is 44. The average molecular weight is 1020 g/mol. The van der Waals surface area contributed by atoms with Gasteiger partial charge in [0, 0.05) is 19.3 Å². The molecule has 6 atom stereocenters. The molecule has 1 saturated heterocycles. The maximum atomic E-state index is 13.1. The van der Waals surface area contributed by atoms with Crippen molar-refractivity contribution in [3.63, 3.8) is 0 Å². The van der Waals surface area contributed by atoms with Crippen molar-refractivity contribution in [3.8, 4) is 0 Å². The van der Waals surface area contributed by atoms with Gasteiger partial charge in [-0.2, -0.15) is 0 Å². The van der Waals surface area contributed by atoms with Crippen LogP contribution < -0.4 is 0 Å². The Hall–Kier alpha value is -4.88. The number of carboxylic acids is 1. The van der Waals surface area contributed by atoms with Crippen molar-refractivity contribution < 1.29 is 58.2 Å². The summed E-state index contributed by atoms with van der Waals surface area (Å²) < 4.78 is 28.2. The van der Waals surface area contributed by atoms with Gasteiger partial charge in [0.2, 0.25) is 0 Å². The molecule has 0 aromatic rings. The molecule has 6 unspecified atom stereocenters. The molecular weight excluding hydrogens is 925 g/mol. The van der Waals surface area contributed by atoms with E-state index in [0.717, 1.165) is 128 Å².